The van der Waals surface area contributed by atoms with Gasteiger partial charge in [-0.2, -0.15) is 0 Å². The Balaban J connectivity index is 1.27. The van der Waals surface area contributed by atoms with Crippen LogP contribution >= 0.6 is 11.6 Å². The molecule has 2 saturated carbocycles. The molecule has 3 aliphatic carbocycles. The molecule has 1 amide bonds. The Morgan fingerprint density at radius 3 is 2.65 bits per heavy atom. The number of hydrogen-bond acceptors (Lipinski definition) is 5. The molecule has 6 nitrogen and oxygen atoms in total. The average molecular weight is 623 g/mol. The van der Waals surface area contributed by atoms with Gasteiger partial charge in [-0.15, -0.1) is 0 Å². The fourth-order valence-electron chi connectivity index (χ4n) is 8.07. The predicted octanol–water partition coefficient (Wildman–Crippen LogP) is 7.05. The molecular formula is C35H43ClN2O4S. The summed E-state index contributed by atoms with van der Waals surface area (Å²) in [5, 5.41) is 0.182. The molecule has 2 aromatic rings. The zero-order valence-corrected chi connectivity index (χ0v) is 26.6. The number of aryl methyl sites for hydroxylation is 1. The molecule has 5 aliphatic rings. The summed E-state index contributed by atoms with van der Waals surface area (Å²) in [5.74, 6) is 1.75. The van der Waals surface area contributed by atoms with Gasteiger partial charge in [0.05, 0.1) is 17.5 Å². The molecule has 43 heavy (non-hydrogen) atoms. The lowest BCUT2D eigenvalue weighted by molar-refractivity contribution is 0.0980. The van der Waals surface area contributed by atoms with Gasteiger partial charge >= 0.3 is 0 Å². The second kappa shape index (κ2) is 11.4. The number of amides is 1. The molecule has 230 valence electrons. The van der Waals surface area contributed by atoms with Crippen molar-refractivity contribution in [2.45, 2.75) is 81.8 Å². The minimum Gasteiger partial charge on any atom is -0.490 e. The first-order valence-corrected chi connectivity index (χ1v) is 18.1. The van der Waals surface area contributed by atoms with Gasteiger partial charge in [-0.1, -0.05) is 49.6 Å². The van der Waals surface area contributed by atoms with Gasteiger partial charge in [0.2, 0.25) is 10.0 Å². The quantitative estimate of drug-likeness (QED) is 0.363. The van der Waals surface area contributed by atoms with Crippen LogP contribution in [0.2, 0.25) is 5.02 Å². The predicted molar refractivity (Wildman–Crippen MR) is 171 cm³/mol. The molecule has 1 spiro atoms. The van der Waals surface area contributed by atoms with E-state index in [4.69, 9.17) is 16.3 Å². The number of sulfonamides is 1. The Bertz CT molecular complexity index is 1540. The smallest absolute Gasteiger partial charge is 0.264 e. The molecule has 1 N–H and O–H groups in total. The van der Waals surface area contributed by atoms with Gasteiger partial charge < -0.3 is 9.64 Å². The standard InChI is InChI=1S/C35H43ClN2O4S/c1-23-5-2-3-6-25-10-11-28(25)20-38-21-35(16-4-7-26-18-29(36)13-14-30(26)35)22-42-32-15-12-27(19-31(32)38)34(39)37-43(40,41)33(23)17-24-8-9-24/h2-3,12-15,18-19,23-25,28,33H,4-11,16-17,20-22H2,1H3,(H,37,39)/b3-2+/t23-,25?,28?,33+,35+/m1/s1. The van der Waals surface area contributed by atoms with Gasteiger partial charge in [0, 0.05) is 29.1 Å². The van der Waals surface area contributed by atoms with Gasteiger partial charge in [-0.3, -0.25) is 4.79 Å². The van der Waals surface area contributed by atoms with Crippen molar-refractivity contribution in [2.75, 3.05) is 24.6 Å². The molecule has 2 bridgehead atoms. The van der Waals surface area contributed by atoms with Crippen molar-refractivity contribution in [2.24, 2.45) is 23.7 Å². The molecule has 0 saturated heterocycles. The second-order valence-corrected chi connectivity index (χ2v) is 16.3. The number of hydrogen-bond donors (Lipinski definition) is 1. The van der Waals surface area contributed by atoms with Crippen molar-refractivity contribution in [1.29, 1.82) is 0 Å². The Morgan fingerprint density at radius 1 is 1.05 bits per heavy atom. The number of fused-ring (bicyclic) bond motifs is 4. The summed E-state index contributed by atoms with van der Waals surface area (Å²) in [4.78, 5) is 16.0. The van der Waals surface area contributed by atoms with Crippen LogP contribution in [0.25, 0.3) is 0 Å². The van der Waals surface area contributed by atoms with Gasteiger partial charge in [0.15, 0.2) is 0 Å². The summed E-state index contributed by atoms with van der Waals surface area (Å²) < 4.78 is 36.4. The lowest BCUT2D eigenvalue weighted by Crippen LogP contribution is -2.48. The summed E-state index contributed by atoms with van der Waals surface area (Å²) >= 11 is 6.42. The van der Waals surface area contributed by atoms with Crippen LogP contribution < -0.4 is 14.4 Å². The van der Waals surface area contributed by atoms with Gasteiger partial charge in [0.25, 0.3) is 5.91 Å². The first-order valence-electron chi connectivity index (χ1n) is 16.2. The van der Waals surface area contributed by atoms with Crippen LogP contribution in [0.3, 0.4) is 0 Å². The van der Waals surface area contributed by atoms with E-state index in [0.717, 1.165) is 68.1 Å². The topological polar surface area (TPSA) is 75.7 Å². The first-order chi connectivity index (χ1) is 20.7. The van der Waals surface area contributed by atoms with Crippen molar-refractivity contribution in [3.63, 3.8) is 0 Å². The number of halogens is 1. The first kappa shape index (κ1) is 29.2. The van der Waals surface area contributed by atoms with Crippen LogP contribution in [0, 0.1) is 23.7 Å². The van der Waals surface area contributed by atoms with Crippen LogP contribution in [0.5, 0.6) is 5.75 Å². The SMILES string of the molecule is C[C@@H]1C/C=C/CC2CCC2CN2C[C@@]3(CCCc4cc(Cl)ccc43)COc3ccc(cc32)C(=O)NS(=O)(=O)[C@H]1CC1CC1. The highest BCUT2D eigenvalue weighted by Gasteiger charge is 2.44. The number of anilines is 1. The summed E-state index contributed by atoms with van der Waals surface area (Å²) in [7, 11) is -3.85. The molecular weight excluding hydrogens is 580 g/mol. The summed E-state index contributed by atoms with van der Waals surface area (Å²) in [6, 6.07) is 11.7. The molecule has 2 heterocycles. The van der Waals surface area contributed by atoms with E-state index in [2.05, 4.69) is 33.9 Å². The fraction of sp³-hybridized carbons (Fsp3) is 0.571. The van der Waals surface area contributed by atoms with E-state index in [-0.39, 0.29) is 11.3 Å². The number of benzene rings is 2. The van der Waals surface area contributed by atoms with Crippen molar-refractivity contribution in [1.82, 2.24) is 4.72 Å². The maximum absolute atomic E-state index is 13.7. The number of nitrogens with zero attached hydrogens (tertiary/aromatic N) is 1. The molecule has 0 radical (unpaired) electrons. The Hall–Kier alpha value is -2.51. The number of carbonyl (C=O) groups excluding carboxylic acids is 1. The van der Waals surface area contributed by atoms with Crippen LogP contribution in [0.15, 0.2) is 48.6 Å². The van der Waals surface area contributed by atoms with Gasteiger partial charge in [-0.25, -0.2) is 13.1 Å². The normalized spacial score (nSPS) is 32.8. The third-order valence-electron chi connectivity index (χ3n) is 11.0. The van der Waals surface area contributed by atoms with E-state index in [1.165, 1.54) is 24.0 Å². The molecule has 5 atom stereocenters. The van der Waals surface area contributed by atoms with E-state index in [9.17, 15) is 13.2 Å². The molecule has 0 aromatic heterocycles. The van der Waals surface area contributed by atoms with Crippen molar-refractivity contribution in [3.8, 4) is 5.75 Å². The van der Waals surface area contributed by atoms with E-state index in [1.807, 2.05) is 25.1 Å². The van der Waals surface area contributed by atoms with Gasteiger partial charge in [0.1, 0.15) is 5.75 Å². The minimum absolute atomic E-state index is 0.0624. The Labute approximate surface area is 261 Å². The highest BCUT2D eigenvalue weighted by atomic mass is 35.5. The maximum atomic E-state index is 13.7. The van der Waals surface area contributed by atoms with Crippen LogP contribution in [-0.2, 0) is 21.9 Å². The number of allylic oxidation sites excluding steroid dienone is 2. The summed E-state index contributed by atoms with van der Waals surface area (Å²) in [6.45, 7) is 4.25. The number of ether oxygens (including phenoxy) is 1. The second-order valence-electron chi connectivity index (χ2n) is 14.0. The number of rotatable bonds is 2. The molecule has 7 rings (SSSR count). The van der Waals surface area contributed by atoms with Crippen molar-refractivity contribution >= 4 is 33.2 Å². The fourth-order valence-corrected chi connectivity index (χ4v) is 10.0. The van der Waals surface area contributed by atoms with Crippen LogP contribution in [0.4, 0.5) is 5.69 Å². The van der Waals surface area contributed by atoms with E-state index >= 15 is 0 Å². The number of nitrogens with one attached hydrogen (secondary N) is 1. The summed E-state index contributed by atoms with van der Waals surface area (Å²) in [6.07, 6.45) is 14.5. The Kier molecular flexibility index (Phi) is 7.78. The maximum Gasteiger partial charge on any atom is 0.264 e. The molecule has 2 aliphatic heterocycles. The Morgan fingerprint density at radius 2 is 1.86 bits per heavy atom. The van der Waals surface area contributed by atoms with Crippen molar-refractivity contribution < 1.29 is 17.9 Å². The molecule has 2 unspecified atom stereocenters. The largest absolute Gasteiger partial charge is 0.490 e. The molecule has 8 heteroatoms. The lowest BCUT2D eigenvalue weighted by Gasteiger charge is -2.44. The zero-order chi connectivity index (χ0) is 29.8. The van der Waals surface area contributed by atoms with Crippen LogP contribution in [0.1, 0.15) is 86.2 Å². The third kappa shape index (κ3) is 5.84. The highest BCUT2D eigenvalue weighted by Crippen LogP contribution is 2.47. The number of carbonyl (C=O) groups is 1. The van der Waals surface area contributed by atoms with E-state index < -0.39 is 21.2 Å². The van der Waals surface area contributed by atoms with Crippen molar-refractivity contribution in [3.05, 3.63) is 70.3 Å². The minimum atomic E-state index is -3.85. The molecule has 2 fully saturated rings. The summed E-state index contributed by atoms with van der Waals surface area (Å²) in [5.41, 5.74) is 3.68. The highest BCUT2D eigenvalue weighted by molar-refractivity contribution is 7.90. The zero-order valence-electron chi connectivity index (χ0n) is 25.1. The average Bonchev–Trinajstić information content (AvgIpc) is 3.80. The molecule has 2 aromatic carbocycles. The van der Waals surface area contributed by atoms with Crippen LogP contribution in [-0.4, -0.2) is 39.3 Å². The lowest BCUT2D eigenvalue weighted by atomic mass is 9.69. The third-order valence-corrected chi connectivity index (χ3v) is 13.1. The van der Waals surface area contributed by atoms with E-state index in [1.54, 1.807) is 6.07 Å². The van der Waals surface area contributed by atoms with Gasteiger partial charge in [-0.05, 0) is 116 Å². The van der Waals surface area contributed by atoms with E-state index in [0.29, 0.717) is 42.8 Å². The monoisotopic (exact) mass is 622 g/mol.